The van der Waals surface area contributed by atoms with Crippen molar-refractivity contribution in [2.75, 3.05) is 6.54 Å². The Bertz CT molecular complexity index is 244. The van der Waals surface area contributed by atoms with Crippen LogP contribution < -0.4 is 5.73 Å². The van der Waals surface area contributed by atoms with Crippen molar-refractivity contribution < 1.29 is 13.2 Å². The zero-order valence-corrected chi connectivity index (χ0v) is 9.50. The summed E-state index contributed by atoms with van der Waals surface area (Å²) in [5.41, 5.74) is 5.52. The Balaban J connectivity index is 2.06. The summed E-state index contributed by atoms with van der Waals surface area (Å²) < 4.78 is 38.9. The van der Waals surface area contributed by atoms with Crippen molar-refractivity contribution in [1.82, 2.24) is 4.90 Å². The summed E-state index contributed by atoms with van der Waals surface area (Å²) in [7, 11) is 0. The maximum Gasteiger partial charge on any atom is 0.405 e. The first-order chi connectivity index (χ1) is 7.39. The van der Waals surface area contributed by atoms with Crippen LogP contribution in [-0.2, 0) is 0 Å². The maximum atomic E-state index is 13.0. The van der Waals surface area contributed by atoms with Crippen molar-refractivity contribution in [3.8, 4) is 0 Å². The first kappa shape index (κ1) is 12.2. The van der Waals surface area contributed by atoms with Gasteiger partial charge in [0.1, 0.15) is 6.04 Å². The predicted octanol–water partition coefficient (Wildman–Crippen LogP) is 2.14. The first-order valence-electron chi connectivity index (χ1n) is 5.97. The van der Waals surface area contributed by atoms with Gasteiger partial charge in [-0.2, -0.15) is 13.2 Å². The van der Waals surface area contributed by atoms with E-state index in [4.69, 9.17) is 5.73 Å². The molecule has 2 aliphatic rings. The average Bonchev–Trinajstić information content (AvgIpc) is 2.96. The first-order valence-corrected chi connectivity index (χ1v) is 5.97. The predicted molar refractivity (Wildman–Crippen MR) is 55.9 cm³/mol. The third-order valence-electron chi connectivity index (χ3n) is 3.37. The number of hydrogen-bond donors (Lipinski definition) is 1. The molecule has 2 saturated carbocycles. The van der Waals surface area contributed by atoms with E-state index in [-0.39, 0.29) is 6.04 Å². The van der Waals surface area contributed by atoms with Gasteiger partial charge in [0.2, 0.25) is 0 Å². The summed E-state index contributed by atoms with van der Waals surface area (Å²) in [6.07, 6.45) is -0.261. The smallest absolute Gasteiger partial charge is 0.326 e. The lowest BCUT2D eigenvalue weighted by atomic mass is 10.1. The highest BCUT2D eigenvalue weighted by molar-refractivity contribution is 4.97. The van der Waals surface area contributed by atoms with E-state index in [1.807, 2.05) is 0 Å². The molecule has 0 aromatic rings. The van der Waals surface area contributed by atoms with E-state index in [0.717, 1.165) is 25.7 Å². The molecule has 2 rings (SSSR count). The van der Waals surface area contributed by atoms with Gasteiger partial charge in [0.05, 0.1) is 0 Å². The summed E-state index contributed by atoms with van der Waals surface area (Å²) in [5, 5.41) is 0. The van der Waals surface area contributed by atoms with Crippen LogP contribution in [-0.4, -0.2) is 35.7 Å². The second kappa shape index (κ2) is 4.18. The SMILES string of the molecule is CC(N)C(N(CC1CC1)C1CC1)C(F)(F)F. The average molecular weight is 236 g/mol. The summed E-state index contributed by atoms with van der Waals surface area (Å²) in [5.74, 6) is 0.476. The third kappa shape index (κ3) is 2.88. The number of halogens is 3. The van der Waals surface area contributed by atoms with Gasteiger partial charge in [-0.3, -0.25) is 4.90 Å². The summed E-state index contributed by atoms with van der Waals surface area (Å²) in [6.45, 7) is 2.04. The van der Waals surface area contributed by atoms with Crippen molar-refractivity contribution in [2.24, 2.45) is 11.7 Å². The van der Waals surface area contributed by atoms with Crippen LogP contribution in [0.2, 0.25) is 0 Å². The van der Waals surface area contributed by atoms with Gasteiger partial charge < -0.3 is 5.73 Å². The molecule has 94 valence electrons. The second-order valence-electron chi connectivity index (χ2n) is 5.22. The Morgan fingerprint density at radius 2 is 1.81 bits per heavy atom. The van der Waals surface area contributed by atoms with E-state index in [1.165, 1.54) is 6.92 Å². The Labute approximate surface area is 94.0 Å². The minimum absolute atomic E-state index is 0.123. The lowest BCUT2D eigenvalue weighted by molar-refractivity contribution is -0.190. The molecule has 2 atom stereocenters. The number of hydrogen-bond acceptors (Lipinski definition) is 2. The fraction of sp³-hybridized carbons (Fsp3) is 1.00. The quantitative estimate of drug-likeness (QED) is 0.792. The van der Waals surface area contributed by atoms with Crippen LogP contribution in [0.5, 0.6) is 0 Å². The number of alkyl halides is 3. The molecule has 2 N–H and O–H groups in total. The normalized spacial score (nSPS) is 25.9. The Kier molecular flexibility index (Phi) is 3.18. The van der Waals surface area contributed by atoms with Gasteiger partial charge >= 0.3 is 6.18 Å². The van der Waals surface area contributed by atoms with E-state index in [2.05, 4.69) is 0 Å². The number of nitrogens with zero attached hydrogens (tertiary/aromatic N) is 1. The molecular formula is C11H19F3N2. The molecule has 2 unspecified atom stereocenters. The van der Waals surface area contributed by atoms with Gasteiger partial charge in [-0.25, -0.2) is 0 Å². The van der Waals surface area contributed by atoms with Crippen LogP contribution in [0.15, 0.2) is 0 Å². The van der Waals surface area contributed by atoms with Gasteiger partial charge in [0.15, 0.2) is 0 Å². The van der Waals surface area contributed by atoms with E-state index in [1.54, 1.807) is 4.90 Å². The molecule has 0 amide bonds. The lowest BCUT2D eigenvalue weighted by Gasteiger charge is -2.35. The standard InChI is InChI=1S/C11H19F3N2/c1-7(15)10(11(12,13)14)16(9-4-5-9)6-8-2-3-8/h7-10H,2-6,15H2,1H3. The van der Waals surface area contributed by atoms with Crippen LogP contribution in [0.1, 0.15) is 32.6 Å². The molecule has 0 aromatic carbocycles. The van der Waals surface area contributed by atoms with E-state index < -0.39 is 18.3 Å². The van der Waals surface area contributed by atoms with Crippen LogP contribution in [0, 0.1) is 5.92 Å². The summed E-state index contributed by atoms with van der Waals surface area (Å²) >= 11 is 0. The Morgan fingerprint density at radius 3 is 2.12 bits per heavy atom. The summed E-state index contributed by atoms with van der Waals surface area (Å²) in [6, 6.07) is -2.18. The lowest BCUT2D eigenvalue weighted by Crippen LogP contribution is -2.56. The van der Waals surface area contributed by atoms with Crippen LogP contribution in [0.4, 0.5) is 13.2 Å². The second-order valence-corrected chi connectivity index (χ2v) is 5.22. The molecular weight excluding hydrogens is 217 g/mol. The van der Waals surface area contributed by atoms with Crippen molar-refractivity contribution in [1.29, 1.82) is 0 Å². The van der Waals surface area contributed by atoms with Gasteiger partial charge in [-0.05, 0) is 38.5 Å². The molecule has 0 spiro atoms. The fourth-order valence-electron chi connectivity index (χ4n) is 2.28. The largest absolute Gasteiger partial charge is 0.405 e. The van der Waals surface area contributed by atoms with Crippen LogP contribution >= 0.6 is 0 Å². The molecule has 2 fully saturated rings. The summed E-state index contributed by atoms with van der Waals surface area (Å²) in [4.78, 5) is 1.61. The Morgan fingerprint density at radius 1 is 1.25 bits per heavy atom. The highest BCUT2D eigenvalue weighted by Crippen LogP contribution is 2.39. The Hall–Kier alpha value is -0.290. The van der Waals surface area contributed by atoms with Gasteiger partial charge in [-0.1, -0.05) is 0 Å². The molecule has 0 bridgehead atoms. The van der Waals surface area contributed by atoms with Crippen molar-refractivity contribution >= 4 is 0 Å². The molecule has 0 saturated heterocycles. The minimum Gasteiger partial charge on any atom is -0.326 e. The van der Waals surface area contributed by atoms with Gasteiger partial charge in [0.25, 0.3) is 0 Å². The zero-order chi connectivity index (χ0) is 11.9. The third-order valence-corrected chi connectivity index (χ3v) is 3.37. The van der Waals surface area contributed by atoms with E-state index in [9.17, 15) is 13.2 Å². The molecule has 16 heavy (non-hydrogen) atoms. The molecule has 0 radical (unpaired) electrons. The van der Waals surface area contributed by atoms with Crippen molar-refractivity contribution in [2.45, 2.75) is 56.9 Å². The number of rotatable bonds is 5. The highest BCUT2D eigenvalue weighted by Gasteiger charge is 2.50. The maximum absolute atomic E-state index is 13.0. The number of nitrogens with two attached hydrogens (primary N) is 1. The molecule has 0 aliphatic heterocycles. The zero-order valence-electron chi connectivity index (χ0n) is 9.50. The monoisotopic (exact) mass is 236 g/mol. The van der Waals surface area contributed by atoms with Crippen molar-refractivity contribution in [3.63, 3.8) is 0 Å². The highest BCUT2D eigenvalue weighted by atomic mass is 19.4. The molecule has 2 aliphatic carbocycles. The van der Waals surface area contributed by atoms with Gasteiger partial charge in [0, 0.05) is 18.6 Å². The molecule has 0 aromatic heterocycles. The fourth-order valence-corrected chi connectivity index (χ4v) is 2.28. The topological polar surface area (TPSA) is 29.3 Å². The van der Waals surface area contributed by atoms with Crippen molar-refractivity contribution in [3.05, 3.63) is 0 Å². The van der Waals surface area contributed by atoms with Gasteiger partial charge in [-0.15, -0.1) is 0 Å². The minimum atomic E-state index is -4.20. The molecule has 0 heterocycles. The van der Waals surface area contributed by atoms with Crippen LogP contribution in [0.3, 0.4) is 0 Å². The van der Waals surface area contributed by atoms with E-state index >= 15 is 0 Å². The molecule has 5 heteroatoms. The molecule has 2 nitrogen and oxygen atoms in total. The van der Waals surface area contributed by atoms with Crippen LogP contribution in [0.25, 0.3) is 0 Å². The van der Waals surface area contributed by atoms with E-state index in [0.29, 0.717) is 12.5 Å².